The molecular weight excluding hydrogens is 100 g/mol. The fraction of sp³-hybridized carbons (Fsp3) is 0.571. The van der Waals surface area contributed by atoms with Crippen LogP contribution in [-0.2, 0) is 4.74 Å². The van der Waals surface area contributed by atoms with E-state index in [-0.39, 0.29) is 0 Å². The van der Waals surface area contributed by atoms with E-state index in [1.165, 1.54) is 0 Å². The van der Waals surface area contributed by atoms with Crippen molar-refractivity contribution in [3.63, 3.8) is 0 Å². The zero-order valence-corrected chi connectivity index (χ0v) is 5.40. The standard InChI is InChI=1S/C7H11O/c1-3-5-7-8-6-4-2/h6H,4,7H2,1-2H3. The Labute approximate surface area is 51.0 Å². The Kier molecular flexibility index (Phi) is 6.13. The van der Waals surface area contributed by atoms with Gasteiger partial charge in [0.1, 0.15) is 6.61 Å². The monoisotopic (exact) mass is 111 g/mol. The Bertz CT molecular complexity index is 86.3. The fourth-order valence-electron chi connectivity index (χ4n) is 0.291. The first-order chi connectivity index (χ1) is 3.91. The molecule has 0 aromatic heterocycles. The predicted molar refractivity (Wildman–Crippen MR) is 34.0 cm³/mol. The van der Waals surface area contributed by atoms with Crippen LogP contribution in [0.5, 0.6) is 0 Å². The number of hydrogen-bond donors (Lipinski definition) is 0. The van der Waals surface area contributed by atoms with Crippen LogP contribution < -0.4 is 0 Å². The number of hydrogen-bond acceptors (Lipinski definition) is 1. The molecule has 0 aliphatic carbocycles. The van der Waals surface area contributed by atoms with Crippen LogP contribution in [0.1, 0.15) is 20.3 Å². The van der Waals surface area contributed by atoms with Crippen LogP contribution in [0.3, 0.4) is 0 Å². The van der Waals surface area contributed by atoms with Crippen molar-refractivity contribution >= 4 is 0 Å². The fourth-order valence-corrected chi connectivity index (χ4v) is 0.291. The Morgan fingerprint density at radius 2 is 2.38 bits per heavy atom. The van der Waals surface area contributed by atoms with Crippen molar-refractivity contribution in [1.82, 2.24) is 0 Å². The summed E-state index contributed by atoms with van der Waals surface area (Å²) in [5.74, 6) is 5.51. The third kappa shape index (κ3) is 5.52. The Hall–Kier alpha value is -0.480. The highest BCUT2D eigenvalue weighted by Gasteiger charge is 1.77. The first-order valence-electron chi connectivity index (χ1n) is 2.74. The maximum Gasteiger partial charge on any atom is 0.108 e. The van der Waals surface area contributed by atoms with E-state index >= 15 is 0 Å². The van der Waals surface area contributed by atoms with Crippen LogP contribution in [0.2, 0.25) is 0 Å². The minimum atomic E-state index is 0.532. The highest BCUT2D eigenvalue weighted by atomic mass is 16.5. The topological polar surface area (TPSA) is 9.23 Å². The molecule has 1 heteroatoms. The Morgan fingerprint density at radius 1 is 1.62 bits per heavy atom. The molecular formula is C7H11O. The second-order valence-electron chi connectivity index (χ2n) is 1.31. The second kappa shape index (κ2) is 6.52. The molecule has 0 spiro atoms. The van der Waals surface area contributed by atoms with E-state index in [0.717, 1.165) is 6.42 Å². The lowest BCUT2D eigenvalue weighted by Crippen LogP contribution is -1.85. The molecule has 0 amide bonds. The van der Waals surface area contributed by atoms with Gasteiger partial charge in [-0.2, -0.15) is 0 Å². The lowest BCUT2D eigenvalue weighted by molar-refractivity contribution is 0.233. The maximum atomic E-state index is 4.92. The summed E-state index contributed by atoms with van der Waals surface area (Å²) < 4.78 is 4.92. The second-order valence-corrected chi connectivity index (χ2v) is 1.31. The van der Waals surface area contributed by atoms with Crippen LogP contribution in [0.25, 0.3) is 0 Å². The van der Waals surface area contributed by atoms with Crippen molar-refractivity contribution < 1.29 is 4.74 Å². The van der Waals surface area contributed by atoms with E-state index in [9.17, 15) is 0 Å². The summed E-state index contributed by atoms with van der Waals surface area (Å²) in [5.41, 5.74) is 0. The van der Waals surface area contributed by atoms with Crippen molar-refractivity contribution in [2.75, 3.05) is 6.61 Å². The minimum absolute atomic E-state index is 0.532. The molecule has 0 N–H and O–H groups in total. The molecule has 0 atom stereocenters. The molecule has 0 saturated heterocycles. The molecule has 0 fully saturated rings. The van der Waals surface area contributed by atoms with Crippen molar-refractivity contribution in [2.24, 2.45) is 0 Å². The number of ether oxygens (including phenoxy) is 1. The van der Waals surface area contributed by atoms with E-state index in [4.69, 9.17) is 4.74 Å². The van der Waals surface area contributed by atoms with E-state index < -0.39 is 0 Å². The molecule has 0 heterocycles. The van der Waals surface area contributed by atoms with E-state index in [0.29, 0.717) is 6.61 Å². The largest absolute Gasteiger partial charge is 0.363 e. The SMILES string of the molecule is CC#CCO[CH]CC. The predicted octanol–water partition coefficient (Wildman–Crippen LogP) is 1.60. The molecule has 0 aliphatic heterocycles. The van der Waals surface area contributed by atoms with Crippen molar-refractivity contribution in [3.05, 3.63) is 6.61 Å². The molecule has 1 nitrogen and oxygen atoms in total. The van der Waals surface area contributed by atoms with Crippen molar-refractivity contribution in [3.8, 4) is 11.8 Å². The zero-order valence-electron chi connectivity index (χ0n) is 5.40. The van der Waals surface area contributed by atoms with Crippen LogP contribution in [0, 0.1) is 18.4 Å². The first-order valence-corrected chi connectivity index (χ1v) is 2.74. The lowest BCUT2D eigenvalue weighted by Gasteiger charge is -1.90. The lowest BCUT2D eigenvalue weighted by atomic mass is 10.5. The third-order valence-electron chi connectivity index (χ3n) is 0.617. The van der Waals surface area contributed by atoms with E-state index in [1.54, 1.807) is 13.5 Å². The third-order valence-corrected chi connectivity index (χ3v) is 0.617. The molecule has 0 aliphatic rings. The summed E-state index contributed by atoms with van der Waals surface area (Å²) in [4.78, 5) is 0. The normalized spacial score (nSPS) is 7.75. The van der Waals surface area contributed by atoms with Gasteiger partial charge in [0.25, 0.3) is 0 Å². The highest BCUT2D eigenvalue weighted by Crippen LogP contribution is 1.84. The molecule has 45 valence electrons. The summed E-state index contributed by atoms with van der Waals surface area (Å²) >= 11 is 0. The van der Waals surface area contributed by atoms with Crippen LogP contribution >= 0.6 is 0 Å². The molecule has 0 saturated carbocycles. The summed E-state index contributed by atoms with van der Waals surface area (Å²) in [6, 6.07) is 0. The van der Waals surface area contributed by atoms with Gasteiger partial charge in [0.2, 0.25) is 0 Å². The van der Waals surface area contributed by atoms with Crippen LogP contribution in [0.4, 0.5) is 0 Å². The van der Waals surface area contributed by atoms with E-state index in [1.807, 2.05) is 6.92 Å². The molecule has 0 bridgehead atoms. The molecule has 0 aromatic rings. The number of rotatable bonds is 3. The van der Waals surface area contributed by atoms with Gasteiger partial charge in [-0.05, 0) is 13.3 Å². The minimum Gasteiger partial charge on any atom is -0.363 e. The van der Waals surface area contributed by atoms with Gasteiger partial charge in [0.15, 0.2) is 0 Å². The van der Waals surface area contributed by atoms with Gasteiger partial charge in [0.05, 0.1) is 6.61 Å². The van der Waals surface area contributed by atoms with Crippen molar-refractivity contribution in [2.45, 2.75) is 20.3 Å². The van der Waals surface area contributed by atoms with Gasteiger partial charge < -0.3 is 4.74 Å². The molecule has 0 aromatic carbocycles. The highest BCUT2D eigenvalue weighted by molar-refractivity contribution is 4.94. The van der Waals surface area contributed by atoms with E-state index in [2.05, 4.69) is 11.8 Å². The average Bonchev–Trinajstić information content (AvgIpc) is 1.81. The first kappa shape index (κ1) is 7.52. The van der Waals surface area contributed by atoms with Crippen LogP contribution in [0.15, 0.2) is 0 Å². The summed E-state index contributed by atoms with van der Waals surface area (Å²) in [6.45, 7) is 6.11. The van der Waals surface area contributed by atoms with Gasteiger partial charge in [-0.15, -0.1) is 5.92 Å². The maximum absolute atomic E-state index is 4.92. The summed E-state index contributed by atoms with van der Waals surface area (Å²) in [5, 5.41) is 0. The summed E-state index contributed by atoms with van der Waals surface area (Å²) in [7, 11) is 0. The summed E-state index contributed by atoms with van der Waals surface area (Å²) in [6.07, 6.45) is 0.950. The zero-order chi connectivity index (χ0) is 6.24. The van der Waals surface area contributed by atoms with Gasteiger partial charge in [-0.3, -0.25) is 0 Å². The van der Waals surface area contributed by atoms with Crippen molar-refractivity contribution in [1.29, 1.82) is 0 Å². The van der Waals surface area contributed by atoms with Gasteiger partial charge in [-0.1, -0.05) is 12.8 Å². The Morgan fingerprint density at radius 3 is 2.88 bits per heavy atom. The quantitative estimate of drug-likeness (QED) is 0.397. The van der Waals surface area contributed by atoms with Crippen LogP contribution in [-0.4, -0.2) is 6.61 Å². The van der Waals surface area contributed by atoms with Gasteiger partial charge in [-0.25, -0.2) is 0 Å². The molecule has 8 heavy (non-hydrogen) atoms. The van der Waals surface area contributed by atoms with Gasteiger partial charge >= 0.3 is 0 Å². The molecule has 1 radical (unpaired) electrons. The Balaban J connectivity index is 2.79. The molecule has 0 rings (SSSR count). The molecule has 0 unspecified atom stereocenters. The smallest absolute Gasteiger partial charge is 0.108 e. The van der Waals surface area contributed by atoms with Gasteiger partial charge in [0, 0.05) is 0 Å². The average molecular weight is 111 g/mol.